The second-order valence-electron chi connectivity index (χ2n) is 9.67. The molecule has 5 N–H and O–H groups in total. The third-order valence-electron chi connectivity index (χ3n) is 6.40. The van der Waals surface area contributed by atoms with Crippen molar-refractivity contribution < 1.29 is 63.9 Å². The van der Waals surface area contributed by atoms with Gasteiger partial charge < -0.3 is 25.5 Å². The van der Waals surface area contributed by atoms with Crippen molar-refractivity contribution in [3.8, 4) is 0 Å². The van der Waals surface area contributed by atoms with Gasteiger partial charge in [0.05, 0.1) is 0 Å². The maximum Gasteiger partial charge on any atom is 0.256 e. The van der Waals surface area contributed by atoms with E-state index >= 15 is 0 Å². The van der Waals surface area contributed by atoms with Crippen LogP contribution in [0, 0.1) is 0 Å². The molecule has 0 amide bonds. The summed E-state index contributed by atoms with van der Waals surface area (Å²) >= 11 is 115. The Morgan fingerprint density at radius 1 is 0.241 bits per heavy atom. The summed E-state index contributed by atoms with van der Waals surface area (Å²) in [5, 5.41) is 61.3. The van der Waals surface area contributed by atoms with Crippen molar-refractivity contribution in [1.29, 1.82) is 0 Å². The van der Waals surface area contributed by atoms with E-state index in [1.807, 2.05) is 0 Å². The number of ketones is 8. The topological polar surface area (TPSA) is 238 Å². The zero-order valence-corrected chi connectivity index (χ0v) is 39.3. The van der Waals surface area contributed by atoms with Gasteiger partial charge in [-0.1, -0.05) is 244 Å². The summed E-state index contributed by atoms with van der Waals surface area (Å²) in [6, 6.07) is 0. The number of aliphatic hydroxyl groups is 5. The summed E-state index contributed by atoms with van der Waals surface area (Å²) in [5.74, 6) is -26.4. The molecule has 0 aliphatic heterocycles. The van der Waals surface area contributed by atoms with E-state index in [0.717, 1.165) is 0 Å². The number of carbonyl (C=O) groups is 8. The number of rotatable bonds is 12. The SMILES string of the molecule is O=C(C(=O)[C@@](O)(C(=O)C(Cl)(Cl)Cl)[C@](O)(C(=O)C(Cl)(Cl)Cl)[C@@](O)(C(=O)C(Cl)(Cl)Cl)[C@@](O)(C(=O)C(Cl)(Cl)Cl)C(O)(C(=O)C(Cl)(Cl)Cl)C(=O)C(Cl)(Cl)Cl)C(Cl)(Cl)Cl. The number of Topliss-reactive ketones (excluding diaryl/α,β-unsaturated/α-hetero) is 8. The minimum Gasteiger partial charge on any atom is -0.375 e. The molecule has 0 aromatic heterocycles. The molecule has 0 saturated heterocycles. The molecule has 0 rings (SSSR count). The fourth-order valence-corrected chi connectivity index (χ4v) is 6.88. The Balaban J connectivity index is 10.6. The van der Waals surface area contributed by atoms with Crippen molar-refractivity contribution in [2.24, 2.45) is 0 Å². The predicted molar refractivity (Wildman–Crippen MR) is 207 cm³/mol. The summed E-state index contributed by atoms with van der Waals surface area (Å²) in [6.45, 7) is 0. The Kier molecular flexibility index (Phi) is 18.5. The van der Waals surface area contributed by atoms with E-state index in [9.17, 15) is 63.9 Å². The van der Waals surface area contributed by atoms with Crippen LogP contribution < -0.4 is 0 Å². The van der Waals surface area contributed by atoms with E-state index in [1.165, 1.54) is 0 Å². The van der Waals surface area contributed by atoms with Crippen LogP contribution in [0.25, 0.3) is 0 Å². The maximum atomic E-state index is 14.3. The number of halogens is 21. The van der Waals surface area contributed by atoms with Crippen molar-refractivity contribution in [1.82, 2.24) is 0 Å². The molecule has 0 saturated carbocycles. The van der Waals surface area contributed by atoms with E-state index in [4.69, 9.17) is 244 Å². The number of hydrogen-bond donors (Lipinski definition) is 5. The summed E-state index contributed by atoms with van der Waals surface area (Å²) in [4.78, 5) is 111. The molecule has 13 nitrogen and oxygen atoms in total. The highest BCUT2D eigenvalue weighted by Crippen LogP contribution is 2.59. The van der Waals surface area contributed by atoms with Crippen LogP contribution in [0.15, 0.2) is 0 Å². The molecule has 0 aromatic rings. The second kappa shape index (κ2) is 17.4. The van der Waals surface area contributed by atoms with Gasteiger partial charge in [0.1, 0.15) is 0 Å². The third kappa shape index (κ3) is 10.0. The first-order valence-electron chi connectivity index (χ1n) is 11.5. The second-order valence-corrected chi connectivity index (χ2v) is 25.6. The molecule has 0 radical (unpaired) electrons. The quantitative estimate of drug-likeness (QED) is 0.0886. The Morgan fingerprint density at radius 3 is 0.630 bits per heavy atom. The predicted octanol–water partition coefficient (Wildman–Crippen LogP) is 5.79. The van der Waals surface area contributed by atoms with Gasteiger partial charge in [-0.2, -0.15) is 0 Å². The van der Waals surface area contributed by atoms with E-state index in [0.29, 0.717) is 0 Å². The zero-order valence-electron chi connectivity index (χ0n) is 23.4. The molecule has 310 valence electrons. The lowest BCUT2D eigenvalue weighted by Gasteiger charge is -2.58. The number of carbonyl (C=O) groups excluding carboxylic acids is 8. The fraction of sp³-hybridized carbons (Fsp3) is 0.600. The van der Waals surface area contributed by atoms with Crippen molar-refractivity contribution in [2.75, 3.05) is 0 Å². The molecule has 0 aliphatic rings. The Hall–Kier alpha value is 3.25. The lowest BCUT2D eigenvalue weighted by molar-refractivity contribution is -0.283. The van der Waals surface area contributed by atoms with Gasteiger partial charge in [-0.25, -0.2) is 0 Å². The first-order chi connectivity index (χ1) is 23.0. The van der Waals surface area contributed by atoms with E-state index in [1.54, 1.807) is 0 Å². The molecule has 0 fully saturated rings. The Labute approximate surface area is 403 Å². The van der Waals surface area contributed by atoms with Crippen LogP contribution >= 0.6 is 244 Å². The van der Waals surface area contributed by atoms with Crippen LogP contribution in [0.3, 0.4) is 0 Å². The average molecular weight is 1200 g/mol. The molecule has 0 aliphatic carbocycles. The van der Waals surface area contributed by atoms with Crippen LogP contribution in [-0.4, -0.2) is 126 Å². The average Bonchev–Trinajstić information content (AvgIpc) is 2.96. The van der Waals surface area contributed by atoms with Crippen molar-refractivity contribution in [3.63, 3.8) is 0 Å². The molecular weight excluding hydrogens is 1190 g/mol. The Morgan fingerprint density at radius 2 is 0.426 bits per heavy atom. The van der Waals surface area contributed by atoms with Gasteiger partial charge in [0.2, 0.25) is 68.5 Å². The highest BCUT2D eigenvalue weighted by atomic mass is 35.6. The van der Waals surface area contributed by atoms with E-state index in [2.05, 4.69) is 0 Å². The molecule has 0 heterocycles. The van der Waals surface area contributed by atoms with Gasteiger partial charge in [0.25, 0.3) is 32.3 Å². The summed E-state index contributed by atoms with van der Waals surface area (Å²) in [5.41, 5.74) is -30.9. The normalized spacial score (nSPS) is 18.6. The minimum absolute atomic E-state index is 2.92. The van der Waals surface area contributed by atoms with Gasteiger partial charge in [0, 0.05) is 0 Å². The van der Waals surface area contributed by atoms with Crippen LogP contribution in [0.1, 0.15) is 0 Å². The van der Waals surface area contributed by atoms with Gasteiger partial charge in [-0.15, -0.1) is 0 Å². The highest BCUT2D eigenvalue weighted by Gasteiger charge is 2.92. The van der Waals surface area contributed by atoms with Crippen molar-refractivity contribution >= 4 is 290 Å². The molecule has 0 unspecified atom stereocenters. The smallest absolute Gasteiger partial charge is 0.256 e. The van der Waals surface area contributed by atoms with Crippen molar-refractivity contribution in [3.05, 3.63) is 0 Å². The van der Waals surface area contributed by atoms with Crippen molar-refractivity contribution in [2.45, 2.75) is 54.6 Å². The first-order valence-corrected chi connectivity index (χ1v) is 19.4. The maximum absolute atomic E-state index is 14.3. The monoisotopic (exact) mass is 1190 g/mol. The first kappa shape index (κ1) is 57.2. The van der Waals surface area contributed by atoms with Gasteiger partial charge in [0.15, 0.2) is 0 Å². The summed E-state index contributed by atoms with van der Waals surface area (Å²) in [7, 11) is 0. The Bertz CT molecular complexity index is 1620. The fourth-order valence-electron chi connectivity index (χ4n) is 4.16. The lowest BCUT2D eigenvalue weighted by Crippen LogP contribution is -2.93. The highest BCUT2D eigenvalue weighted by molar-refractivity contribution is 6.86. The molecule has 54 heavy (non-hydrogen) atoms. The van der Waals surface area contributed by atoms with Crippen LogP contribution in [0.2, 0.25) is 0 Å². The molecule has 34 heteroatoms. The third-order valence-corrected chi connectivity index (χ3v) is 10.0. The molecule has 0 bridgehead atoms. The van der Waals surface area contributed by atoms with Gasteiger partial charge in [-0.05, 0) is 0 Å². The largest absolute Gasteiger partial charge is 0.375 e. The van der Waals surface area contributed by atoms with Crippen LogP contribution in [0.5, 0.6) is 0 Å². The lowest BCUT2D eigenvalue weighted by atomic mass is 9.52. The molecule has 4 atom stereocenters. The van der Waals surface area contributed by atoms with Crippen LogP contribution in [0.4, 0.5) is 0 Å². The van der Waals surface area contributed by atoms with Gasteiger partial charge >= 0.3 is 0 Å². The zero-order chi connectivity index (χ0) is 44.6. The summed E-state index contributed by atoms with van der Waals surface area (Å²) < 4.78 is -29.4. The van der Waals surface area contributed by atoms with E-state index < -0.39 is 101 Å². The number of alkyl halides is 21. The summed E-state index contributed by atoms with van der Waals surface area (Å²) in [6.07, 6.45) is 0. The number of hydrogen-bond acceptors (Lipinski definition) is 13. The van der Waals surface area contributed by atoms with Crippen LogP contribution in [-0.2, 0) is 38.4 Å². The standard InChI is InChI=1S/C20H5Cl21O13/c21-14(22,23)2(43)1(42)9(50,3(44)15(24,25)26)11(52,6(47)18(33,34)35)13(54,8(49)20(39,40)41)12(53,7(48)19(36,37)38)10(51,4(45)16(27,28)29)5(46)17(30,31)32/h50-54H/t9-,11-,12-,13+/m1/s1. The van der Waals surface area contributed by atoms with Gasteiger partial charge in [-0.3, -0.25) is 38.4 Å². The molecule has 0 spiro atoms. The molecular formula is C20H5Cl21O13. The minimum atomic E-state index is -6.46. The van der Waals surface area contributed by atoms with E-state index in [-0.39, 0.29) is 0 Å². The molecule has 0 aromatic carbocycles.